The smallest absolute Gasteiger partial charge is 0.306 e. The van der Waals surface area contributed by atoms with Crippen molar-refractivity contribution in [2.45, 2.75) is 87.7 Å². The lowest BCUT2D eigenvalue weighted by Gasteiger charge is -2.28. The van der Waals surface area contributed by atoms with Crippen LogP contribution in [-0.2, 0) is 28.8 Å². The number of hydrogen-bond donors (Lipinski definition) is 13. The van der Waals surface area contributed by atoms with Gasteiger partial charge in [0.1, 0.15) is 24.4 Å². The van der Waals surface area contributed by atoms with Crippen LogP contribution in [0.1, 0.15) is 63.0 Å². The van der Waals surface area contributed by atoms with E-state index in [-0.39, 0.29) is 38.0 Å². The van der Waals surface area contributed by atoms with Crippen LogP contribution >= 0.6 is 0 Å². The molecule has 20 nitrogen and oxygen atoms in total. The van der Waals surface area contributed by atoms with Gasteiger partial charge in [-0.1, -0.05) is 12.1 Å². The van der Waals surface area contributed by atoms with Crippen LogP contribution in [0.3, 0.4) is 0 Å². The molecule has 5 amide bonds. The fraction of sp³-hybridized carbons (Fsp3) is 0.636. The fourth-order valence-electron chi connectivity index (χ4n) is 4.94. The molecule has 0 heterocycles. The first-order valence-electron chi connectivity index (χ1n) is 17.5. The first-order valence-corrected chi connectivity index (χ1v) is 17.5. The molecule has 0 saturated heterocycles. The highest BCUT2D eigenvalue weighted by Gasteiger charge is 2.34. The molecule has 0 radical (unpaired) electrons. The molecule has 20 heteroatoms. The largest absolute Gasteiger partial charge is 0.508 e. The Hall–Kier alpha value is -4.28. The van der Waals surface area contributed by atoms with Crippen LogP contribution in [0.15, 0.2) is 24.3 Å². The van der Waals surface area contributed by atoms with Gasteiger partial charge in [-0.3, -0.25) is 33.7 Å². The van der Waals surface area contributed by atoms with Gasteiger partial charge in [-0.25, -0.2) is 0 Å². The SMILES string of the molecule is NCCCCNCCCNC(=O)CN(C(=O)C(N)CCCC(N)C(O)CC(=O)O)C(=O)[C@H](CN)NC(=O)C(O)CNC(=O)CC(N)c1ccc(O)cc1. The topological polar surface area (TPSA) is 365 Å². The average Bonchev–Trinajstić information content (AvgIpc) is 3.11. The summed E-state index contributed by atoms with van der Waals surface area (Å²) >= 11 is 0. The average molecular weight is 755 g/mol. The number of unbranched alkanes of at least 4 members (excludes halogenated alkanes) is 1. The zero-order chi connectivity index (χ0) is 39.9. The maximum Gasteiger partial charge on any atom is 0.306 e. The van der Waals surface area contributed by atoms with E-state index in [1.807, 2.05) is 0 Å². The monoisotopic (exact) mass is 754 g/mol. The van der Waals surface area contributed by atoms with Crippen molar-refractivity contribution in [1.29, 1.82) is 0 Å². The molecule has 300 valence electrons. The van der Waals surface area contributed by atoms with Gasteiger partial charge in [0.2, 0.25) is 17.7 Å². The zero-order valence-corrected chi connectivity index (χ0v) is 30.0. The van der Waals surface area contributed by atoms with E-state index in [2.05, 4.69) is 21.3 Å². The number of nitrogens with two attached hydrogens (primary N) is 5. The van der Waals surface area contributed by atoms with Gasteiger partial charge in [0, 0.05) is 31.6 Å². The Kier molecular flexibility index (Phi) is 22.6. The van der Waals surface area contributed by atoms with E-state index < -0.39 is 97.9 Å². The molecule has 0 aliphatic carbocycles. The van der Waals surface area contributed by atoms with Gasteiger partial charge in [-0.05, 0) is 75.9 Å². The lowest BCUT2D eigenvalue weighted by atomic mass is 10.00. The van der Waals surface area contributed by atoms with Crippen LogP contribution in [-0.4, -0.2) is 137 Å². The molecule has 6 atom stereocenters. The van der Waals surface area contributed by atoms with E-state index in [0.29, 0.717) is 30.0 Å². The highest BCUT2D eigenvalue weighted by molar-refractivity contribution is 6.04. The maximum atomic E-state index is 13.6. The normalized spacial score (nSPS) is 14.5. The molecule has 18 N–H and O–H groups in total. The second kappa shape index (κ2) is 25.7. The molecule has 0 aromatic heterocycles. The second-order valence-electron chi connectivity index (χ2n) is 12.6. The molecule has 0 spiro atoms. The van der Waals surface area contributed by atoms with E-state index in [1.54, 1.807) is 12.1 Å². The van der Waals surface area contributed by atoms with Crippen molar-refractivity contribution in [1.82, 2.24) is 26.2 Å². The summed E-state index contributed by atoms with van der Waals surface area (Å²) in [7, 11) is 0. The van der Waals surface area contributed by atoms with Crippen molar-refractivity contribution in [2.75, 3.05) is 45.8 Å². The van der Waals surface area contributed by atoms with Crippen molar-refractivity contribution < 1.29 is 49.2 Å². The van der Waals surface area contributed by atoms with Crippen LogP contribution < -0.4 is 49.9 Å². The van der Waals surface area contributed by atoms with Gasteiger partial charge >= 0.3 is 5.97 Å². The minimum absolute atomic E-state index is 0.0226. The first-order chi connectivity index (χ1) is 25.1. The Labute approximate surface area is 308 Å². The number of hydrogen-bond acceptors (Lipinski definition) is 15. The Morgan fingerprint density at radius 3 is 2.06 bits per heavy atom. The lowest BCUT2D eigenvalue weighted by molar-refractivity contribution is -0.151. The highest BCUT2D eigenvalue weighted by atomic mass is 16.4. The number of imide groups is 1. The number of carbonyl (C=O) groups is 6. The van der Waals surface area contributed by atoms with E-state index in [0.717, 1.165) is 19.4 Å². The number of amides is 5. The number of carbonyl (C=O) groups excluding carboxylic acids is 5. The molecule has 1 aromatic rings. The number of phenolic OH excluding ortho intramolecular Hbond substituents is 1. The van der Waals surface area contributed by atoms with Crippen molar-refractivity contribution in [2.24, 2.45) is 28.7 Å². The highest BCUT2D eigenvalue weighted by Crippen LogP contribution is 2.17. The fourth-order valence-corrected chi connectivity index (χ4v) is 4.94. The molecule has 0 bridgehead atoms. The number of carboxylic acid groups (broad SMARTS) is 1. The van der Waals surface area contributed by atoms with Crippen molar-refractivity contribution >= 4 is 35.5 Å². The predicted molar refractivity (Wildman–Crippen MR) is 193 cm³/mol. The van der Waals surface area contributed by atoms with E-state index in [1.165, 1.54) is 12.1 Å². The molecule has 53 heavy (non-hydrogen) atoms. The number of aliphatic carboxylic acids is 1. The molecule has 1 aromatic carbocycles. The molecule has 0 saturated carbocycles. The van der Waals surface area contributed by atoms with Gasteiger partial charge in [-0.15, -0.1) is 0 Å². The van der Waals surface area contributed by atoms with Gasteiger partial charge in [0.15, 0.2) is 0 Å². The van der Waals surface area contributed by atoms with Crippen LogP contribution in [0.5, 0.6) is 5.75 Å². The summed E-state index contributed by atoms with van der Waals surface area (Å²) in [6, 6.07) is 1.32. The summed E-state index contributed by atoms with van der Waals surface area (Å²) in [4.78, 5) is 76.5. The molecule has 5 unspecified atom stereocenters. The third-order valence-corrected chi connectivity index (χ3v) is 8.11. The summed E-state index contributed by atoms with van der Waals surface area (Å²) in [5.74, 6) is -5.67. The molecule has 0 fully saturated rings. The number of nitrogens with one attached hydrogen (secondary N) is 4. The standard InChI is InChI=1S/C33H58N10O10/c34-11-1-2-12-39-13-4-14-40-29(48)19-43(32(52)23(37)6-3-5-22(36)26(45)16-30(49)50)33(53)25(17-35)42-31(51)27(46)18-41-28(47)15-24(38)20-7-9-21(44)10-8-20/h7-10,22-27,39,44-46H,1-6,11-19,34-38H2,(H,40,48)(H,41,47)(H,42,51)(H,49,50)/t22?,23?,24?,25-,26?,27?/m0/s1. The van der Waals surface area contributed by atoms with E-state index >= 15 is 0 Å². The lowest BCUT2D eigenvalue weighted by Crippen LogP contribution is -2.59. The Morgan fingerprint density at radius 2 is 1.43 bits per heavy atom. The molecular weight excluding hydrogens is 696 g/mol. The quantitative estimate of drug-likeness (QED) is 0.0377. The van der Waals surface area contributed by atoms with Crippen molar-refractivity contribution in [3.63, 3.8) is 0 Å². The number of carboxylic acids is 1. The molecule has 1 rings (SSSR count). The predicted octanol–water partition coefficient (Wildman–Crippen LogP) is -4.45. The van der Waals surface area contributed by atoms with Crippen LogP contribution in [0, 0.1) is 0 Å². The second-order valence-corrected chi connectivity index (χ2v) is 12.6. The summed E-state index contributed by atoms with van der Waals surface area (Å²) in [5, 5.41) is 49.0. The minimum atomic E-state index is -1.84. The number of phenols is 1. The van der Waals surface area contributed by atoms with Crippen LogP contribution in [0.2, 0.25) is 0 Å². The molecule has 0 aliphatic rings. The Bertz CT molecular complexity index is 1310. The van der Waals surface area contributed by atoms with E-state index in [4.69, 9.17) is 33.8 Å². The van der Waals surface area contributed by atoms with Crippen LogP contribution in [0.4, 0.5) is 0 Å². The van der Waals surface area contributed by atoms with Crippen molar-refractivity contribution in [3.05, 3.63) is 29.8 Å². The maximum absolute atomic E-state index is 13.6. The first kappa shape index (κ1) is 46.7. The Morgan fingerprint density at radius 1 is 0.774 bits per heavy atom. The summed E-state index contributed by atoms with van der Waals surface area (Å²) in [5.41, 5.74) is 29.8. The summed E-state index contributed by atoms with van der Waals surface area (Å²) in [6.07, 6.45) is -1.43. The zero-order valence-electron chi connectivity index (χ0n) is 30.0. The Balaban J connectivity index is 2.88. The third kappa shape index (κ3) is 18.9. The number of benzene rings is 1. The minimum Gasteiger partial charge on any atom is -0.508 e. The number of aromatic hydroxyl groups is 1. The number of rotatable bonds is 27. The number of aliphatic hydroxyl groups is 2. The molecule has 0 aliphatic heterocycles. The van der Waals surface area contributed by atoms with E-state index in [9.17, 15) is 44.1 Å². The van der Waals surface area contributed by atoms with Gasteiger partial charge in [0.05, 0.1) is 25.1 Å². The van der Waals surface area contributed by atoms with Crippen molar-refractivity contribution in [3.8, 4) is 5.75 Å². The van der Waals surface area contributed by atoms with Crippen LogP contribution in [0.25, 0.3) is 0 Å². The third-order valence-electron chi connectivity index (χ3n) is 8.11. The summed E-state index contributed by atoms with van der Waals surface area (Å²) in [6.45, 7) is 0.291. The van der Waals surface area contributed by atoms with Gasteiger partial charge < -0.3 is 70.4 Å². The number of nitrogens with zero attached hydrogens (tertiary/aromatic N) is 1. The van der Waals surface area contributed by atoms with Gasteiger partial charge in [-0.2, -0.15) is 0 Å². The number of aliphatic hydroxyl groups excluding tert-OH is 2. The molecular formula is C33H58N10O10. The summed E-state index contributed by atoms with van der Waals surface area (Å²) < 4.78 is 0. The van der Waals surface area contributed by atoms with Gasteiger partial charge in [0.25, 0.3) is 11.8 Å².